The zero-order valence-electron chi connectivity index (χ0n) is 18.9. The highest BCUT2D eigenvalue weighted by Crippen LogP contribution is 2.41. The second kappa shape index (κ2) is 10.3. The van der Waals surface area contributed by atoms with Gasteiger partial charge in [0, 0.05) is 24.1 Å². The zero-order chi connectivity index (χ0) is 25.0. The minimum Gasteiger partial charge on any atom is -0.486 e. The lowest BCUT2D eigenvalue weighted by atomic mass is 9.99. The summed E-state index contributed by atoms with van der Waals surface area (Å²) in [4.78, 5) is 12.6. The van der Waals surface area contributed by atoms with Crippen molar-refractivity contribution in [3.05, 3.63) is 89.2 Å². The summed E-state index contributed by atoms with van der Waals surface area (Å²) in [5.41, 5.74) is 0.245. The molecule has 0 spiro atoms. The summed E-state index contributed by atoms with van der Waals surface area (Å²) in [7, 11) is 1.67. The third kappa shape index (κ3) is 5.86. The van der Waals surface area contributed by atoms with Gasteiger partial charge in [0.05, 0.1) is 6.54 Å². The predicted molar refractivity (Wildman–Crippen MR) is 122 cm³/mol. The number of alkyl halides is 2. The summed E-state index contributed by atoms with van der Waals surface area (Å²) in [5, 5.41) is 8.96. The maximum absolute atomic E-state index is 15.1. The SMILES string of the molecule is CN(CCC(Oc1ccc(C(F)(F)c2ccc3c(c2)OCO3)cc1)c1ccc(F)cc1)CC(=O)O. The van der Waals surface area contributed by atoms with Gasteiger partial charge < -0.3 is 19.3 Å². The van der Waals surface area contributed by atoms with E-state index in [0.29, 0.717) is 30.0 Å². The van der Waals surface area contributed by atoms with E-state index in [0.717, 1.165) is 0 Å². The van der Waals surface area contributed by atoms with Crippen LogP contribution in [0.15, 0.2) is 66.7 Å². The van der Waals surface area contributed by atoms with Crippen molar-refractivity contribution in [1.29, 1.82) is 0 Å². The van der Waals surface area contributed by atoms with E-state index in [1.54, 1.807) is 24.1 Å². The van der Waals surface area contributed by atoms with Crippen LogP contribution < -0.4 is 14.2 Å². The summed E-state index contributed by atoms with van der Waals surface area (Å²) < 4.78 is 60.1. The van der Waals surface area contributed by atoms with E-state index >= 15 is 8.78 Å². The molecule has 1 N–H and O–H groups in total. The van der Waals surface area contributed by atoms with E-state index in [1.165, 1.54) is 54.6 Å². The summed E-state index contributed by atoms with van der Waals surface area (Å²) in [5.74, 6) is -3.57. The van der Waals surface area contributed by atoms with Gasteiger partial charge in [-0.1, -0.05) is 12.1 Å². The lowest BCUT2D eigenvalue weighted by Crippen LogP contribution is -2.28. The molecule has 1 heterocycles. The van der Waals surface area contributed by atoms with Crippen LogP contribution in [0.2, 0.25) is 0 Å². The average molecular weight is 487 g/mol. The van der Waals surface area contributed by atoms with Crippen molar-refractivity contribution in [2.45, 2.75) is 18.4 Å². The molecule has 0 fully saturated rings. The third-order valence-electron chi connectivity index (χ3n) is 5.65. The topological polar surface area (TPSA) is 68.2 Å². The van der Waals surface area contributed by atoms with Gasteiger partial charge in [0.25, 0.3) is 5.92 Å². The molecule has 0 amide bonds. The quantitative estimate of drug-likeness (QED) is 0.423. The number of carboxylic acids is 1. The maximum Gasteiger partial charge on any atom is 0.317 e. The van der Waals surface area contributed by atoms with Gasteiger partial charge >= 0.3 is 5.97 Å². The second-order valence-corrected chi connectivity index (χ2v) is 8.25. The number of fused-ring (bicyclic) bond motifs is 1. The van der Waals surface area contributed by atoms with Crippen molar-refractivity contribution >= 4 is 5.97 Å². The van der Waals surface area contributed by atoms with Gasteiger partial charge in [-0.05, 0) is 67.2 Å². The summed E-state index contributed by atoms with van der Waals surface area (Å²) in [6.07, 6.45) is -0.128. The fourth-order valence-corrected chi connectivity index (χ4v) is 3.78. The molecule has 1 unspecified atom stereocenters. The number of rotatable bonds is 10. The smallest absolute Gasteiger partial charge is 0.317 e. The van der Waals surface area contributed by atoms with E-state index < -0.39 is 23.8 Å². The number of carboxylic acid groups (broad SMARTS) is 1. The van der Waals surface area contributed by atoms with Crippen molar-refractivity contribution in [3.63, 3.8) is 0 Å². The standard InChI is InChI=1S/C26H24F3NO5/c1-30(15-25(31)32)13-12-22(17-2-7-20(27)8-3-17)35-21-9-4-18(5-10-21)26(28,29)19-6-11-23-24(14-19)34-16-33-23/h2-11,14,22H,12-13,15-16H2,1H3,(H,31,32). The monoisotopic (exact) mass is 487 g/mol. The van der Waals surface area contributed by atoms with Gasteiger partial charge in [0.15, 0.2) is 11.5 Å². The number of benzene rings is 3. The molecule has 35 heavy (non-hydrogen) atoms. The van der Waals surface area contributed by atoms with Crippen LogP contribution in [-0.4, -0.2) is 42.9 Å². The molecule has 0 aromatic heterocycles. The molecule has 184 valence electrons. The lowest BCUT2D eigenvalue weighted by molar-refractivity contribution is -0.138. The minimum atomic E-state index is -3.27. The molecule has 0 saturated heterocycles. The van der Waals surface area contributed by atoms with E-state index in [-0.39, 0.29) is 30.2 Å². The van der Waals surface area contributed by atoms with Crippen LogP contribution in [0.25, 0.3) is 0 Å². The molecule has 3 aromatic rings. The number of ether oxygens (including phenoxy) is 3. The van der Waals surface area contributed by atoms with E-state index in [4.69, 9.17) is 19.3 Å². The fourth-order valence-electron chi connectivity index (χ4n) is 3.78. The van der Waals surface area contributed by atoms with Crippen LogP contribution in [0.4, 0.5) is 13.2 Å². The van der Waals surface area contributed by atoms with Gasteiger partial charge in [-0.25, -0.2) is 4.39 Å². The molecular weight excluding hydrogens is 463 g/mol. The number of aliphatic carboxylic acids is 1. The molecule has 1 atom stereocenters. The van der Waals surface area contributed by atoms with Crippen molar-refractivity contribution in [3.8, 4) is 17.2 Å². The molecule has 6 nitrogen and oxygen atoms in total. The Bertz CT molecular complexity index is 1170. The first kappa shape index (κ1) is 24.4. The van der Waals surface area contributed by atoms with E-state index in [2.05, 4.69) is 0 Å². The molecule has 0 radical (unpaired) electrons. The van der Waals surface area contributed by atoms with Gasteiger partial charge in [-0.15, -0.1) is 0 Å². The van der Waals surface area contributed by atoms with Crippen molar-refractivity contribution in [2.75, 3.05) is 26.9 Å². The van der Waals surface area contributed by atoms with Crippen molar-refractivity contribution < 1.29 is 37.3 Å². The number of likely N-dealkylation sites (N-methyl/N-ethyl adjacent to an activating group) is 1. The molecule has 3 aromatic carbocycles. The van der Waals surface area contributed by atoms with Gasteiger partial charge in [0.2, 0.25) is 6.79 Å². The Labute approximate surface area is 200 Å². The van der Waals surface area contributed by atoms with Crippen LogP contribution in [-0.2, 0) is 10.7 Å². The van der Waals surface area contributed by atoms with E-state index in [9.17, 15) is 9.18 Å². The second-order valence-electron chi connectivity index (χ2n) is 8.25. The molecule has 1 aliphatic heterocycles. The van der Waals surface area contributed by atoms with E-state index in [1.807, 2.05) is 0 Å². The number of hydrogen-bond acceptors (Lipinski definition) is 5. The largest absolute Gasteiger partial charge is 0.486 e. The predicted octanol–water partition coefficient (Wildman–Crippen LogP) is 5.22. The Morgan fingerprint density at radius 2 is 1.69 bits per heavy atom. The van der Waals surface area contributed by atoms with Crippen molar-refractivity contribution in [1.82, 2.24) is 4.90 Å². The minimum absolute atomic E-state index is 0.00227. The van der Waals surface area contributed by atoms with Crippen LogP contribution in [0.5, 0.6) is 17.2 Å². The Kier molecular flexibility index (Phi) is 7.16. The first-order valence-corrected chi connectivity index (χ1v) is 10.9. The molecule has 4 rings (SSSR count). The highest BCUT2D eigenvalue weighted by Gasteiger charge is 2.35. The Morgan fingerprint density at radius 1 is 1.03 bits per heavy atom. The normalized spacial score (nSPS) is 13.6. The number of nitrogens with zero attached hydrogens (tertiary/aromatic N) is 1. The molecular formula is C26H24F3NO5. The highest BCUT2D eigenvalue weighted by atomic mass is 19.3. The summed E-state index contributed by atoms with van der Waals surface area (Å²) >= 11 is 0. The molecule has 9 heteroatoms. The first-order chi connectivity index (χ1) is 16.7. The highest BCUT2D eigenvalue weighted by molar-refractivity contribution is 5.69. The zero-order valence-corrected chi connectivity index (χ0v) is 18.9. The van der Waals surface area contributed by atoms with Crippen molar-refractivity contribution in [2.24, 2.45) is 0 Å². The van der Waals surface area contributed by atoms with Gasteiger partial charge in [0.1, 0.15) is 17.7 Å². The molecule has 1 aliphatic rings. The van der Waals surface area contributed by atoms with Crippen LogP contribution in [0.1, 0.15) is 29.2 Å². The number of halogens is 3. The van der Waals surface area contributed by atoms with Gasteiger partial charge in [-0.2, -0.15) is 8.78 Å². The van der Waals surface area contributed by atoms with Crippen LogP contribution in [0.3, 0.4) is 0 Å². The summed E-state index contributed by atoms with van der Waals surface area (Å²) in [6, 6.07) is 15.3. The molecule has 0 bridgehead atoms. The average Bonchev–Trinajstić information content (AvgIpc) is 3.30. The van der Waals surface area contributed by atoms with Crippen LogP contribution >= 0.6 is 0 Å². The fraction of sp³-hybridized carbons (Fsp3) is 0.269. The Hall–Kier alpha value is -3.72. The Balaban J connectivity index is 1.50. The number of hydrogen-bond donors (Lipinski definition) is 1. The molecule has 0 aliphatic carbocycles. The van der Waals surface area contributed by atoms with Gasteiger partial charge in [-0.3, -0.25) is 9.69 Å². The lowest BCUT2D eigenvalue weighted by Gasteiger charge is -2.23. The Morgan fingerprint density at radius 3 is 2.37 bits per heavy atom. The third-order valence-corrected chi connectivity index (χ3v) is 5.65. The summed E-state index contributed by atoms with van der Waals surface area (Å²) in [6.45, 7) is 0.256. The number of carbonyl (C=O) groups is 1. The molecule has 0 saturated carbocycles. The first-order valence-electron chi connectivity index (χ1n) is 10.9. The maximum atomic E-state index is 15.1. The van der Waals surface area contributed by atoms with Crippen LogP contribution in [0, 0.1) is 5.82 Å².